The van der Waals surface area contributed by atoms with Gasteiger partial charge in [-0.3, -0.25) is 5.43 Å². The fourth-order valence-electron chi connectivity index (χ4n) is 3.76. The van der Waals surface area contributed by atoms with E-state index in [1.54, 1.807) is 6.21 Å². The van der Waals surface area contributed by atoms with E-state index < -0.39 is 11.7 Å². The Bertz CT molecular complexity index is 1200. The van der Waals surface area contributed by atoms with Crippen molar-refractivity contribution < 1.29 is 13.2 Å². The molecule has 0 radical (unpaired) electrons. The Morgan fingerprint density at radius 1 is 1.15 bits per heavy atom. The van der Waals surface area contributed by atoms with Gasteiger partial charge in [-0.15, -0.1) is 0 Å². The van der Waals surface area contributed by atoms with Crippen molar-refractivity contribution in [1.82, 2.24) is 15.2 Å². The quantitative estimate of drug-likeness (QED) is 0.261. The number of thiocarbonyl (C=S) groups is 1. The second kappa shape index (κ2) is 10.0. The Labute approximate surface area is 205 Å². The summed E-state index contributed by atoms with van der Waals surface area (Å²) in [6.45, 7) is 3.74. The highest BCUT2D eigenvalue weighted by atomic mass is 35.5. The van der Waals surface area contributed by atoms with Crippen LogP contribution >= 0.6 is 23.8 Å². The van der Waals surface area contributed by atoms with Crippen molar-refractivity contribution in [1.29, 1.82) is 0 Å². The Morgan fingerprint density at radius 3 is 2.53 bits per heavy atom. The number of nitrogens with zero attached hydrogens (tertiary/aromatic N) is 4. The maximum atomic E-state index is 13.0. The smallest absolute Gasteiger partial charge is 0.356 e. The highest BCUT2D eigenvalue weighted by Gasteiger charge is 2.31. The minimum atomic E-state index is -4.49. The molecule has 0 unspecified atom stereocenters. The highest BCUT2D eigenvalue weighted by Crippen LogP contribution is 2.34. The number of hydrogen-bond acceptors (Lipinski definition) is 4. The largest absolute Gasteiger partial charge is 0.416 e. The number of hydrogen-bond donors (Lipinski definition) is 2. The minimum Gasteiger partial charge on any atom is -0.356 e. The third-order valence-corrected chi connectivity index (χ3v) is 5.91. The van der Waals surface area contributed by atoms with Crippen LogP contribution in [0.3, 0.4) is 0 Å². The average Bonchev–Trinajstić information content (AvgIpc) is 3.43. The van der Waals surface area contributed by atoms with Gasteiger partial charge in [-0.2, -0.15) is 23.4 Å². The van der Waals surface area contributed by atoms with Gasteiger partial charge in [0.05, 0.1) is 39.4 Å². The van der Waals surface area contributed by atoms with Crippen molar-refractivity contribution in [3.05, 3.63) is 70.4 Å². The molecule has 3 aromatic rings. The lowest BCUT2D eigenvalue weighted by atomic mass is 10.2. The molecule has 0 atom stereocenters. The van der Waals surface area contributed by atoms with E-state index in [1.165, 1.54) is 6.07 Å². The van der Waals surface area contributed by atoms with Crippen molar-refractivity contribution in [2.75, 3.05) is 23.3 Å². The monoisotopic (exact) mass is 506 g/mol. The fraction of sp³-hybridized carbons (Fsp3) is 0.261. The van der Waals surface area contributed by atoms with Gasteiger partial charge in [0.1, 0.15) is 5.82 Å². The van der Waals surface area contributed by atoms with Gasteiger partial charge in [0.2, 0.25) is 0 Å². The molecule has 2 heterocycles. The van der Waals surface area contributed by atoms with Gasteiger partial charge in [0.25, 0.3) is 0 Å². The number of nitrogens with one attached hydrogen (secondary N) is 2. The van der Waals surface area contributed by atoms with Crippen LogP contribution in [0.4, 0.5) is 24.7 Å². The normalized spacial score (nSPS) is 14.1. The van der Waals surface area contributed by atoms with Crippen molar-refractivity contribution in [2.24, 2.45) is 5.10 Å². The van der Waals surface area contributed by atoms with E-state index in [0.29, 0.717) is 0 Å². The number of halogens is 4. The molecule has 11 heteroatoms. The molecule has 2 aromatic carbocycles. The van der Waals surface area contributed by atoms with Crippen LogP contribution in [-0.2, 0) is 6.18 Å². The van der Waals surface area contributed by atoms with Gasteiger partial charge in [-0.05, 0) is 62.3 Å². The lowest BCUT2D eigenvalue weighted by Gasteiger charge is -2.20. The molecular weight excluding hydrogens is 485 g/mol. The van der Waals surface area contributed by atoms with E-state index in [1.807, 2.05) is 41.9 Å². The first-order valence-electron chi connectivity index (χ1n) is 10.6. The summed E-state index contributed by atoms with van der Waals surface area (Å²) in [5.74, 6) is 0.937. The number of hydrazone groups is 1. The number of benzene rings is 2. The Balaban J connectivity index is 1.54. The molecule has 1 aliphatic heterocycles. The summed E-state index contributed by atoms with van der Waals surface area (Å²) < 4.78 is 40.9. The molecule has 0 bridgehead atoms. The van der Waals surface area contributed by atoms with Crippen molar-refractivity contribution in [2.45, 2.75) is 25.9 Å². The maximum Gasteiger partial charge on any atom is 0.416 e. The topological polar surface area (TPSA) is 57.5 Å². The first kappa shape index (κ1) is 24.0. The molecule has 0 spiro atoms. The van der Waals surface area contributed by atoms with Crippen LogP contribution in [0.1, 0.15) is 29.7 Å². The van der Waals surface area contributed by atoms with Gasteiger partial charge in [-0.25, -0.2) is 4.68 Å². The maximum absolute atomic E-state index is 13.0. The molecule has 4 rings (SSSR count). The molecule has 1 saturated heterocycles. The Morgan fingerprint density at radius 2 is 1.85 bits per heavy atom. The number of aryl methyl sites for hydroxylation is 1. The molecule has 1 aromatic heterocycles. The zero-order valence-electron chi connectivity index (χ0n) is 18.2. The van der Waals surface area contributed by atoms with Crippen LogP contribution in [-0.4, -0.2) is 34.2 Å². The predicted octanol–water partition coefficient (Wildman–Crippen LogP) is 5.77. The third kappa shape index (κ3) is 5.34. The van der Waals surface area contributed by atoms with Gasteiger partial charge < -0.3 is 10.2 Å². The number of rotatable bonds is 5. The van der Waals surface area contributed by atoms with Gasteiger partial charge in [0.15, 0.2) is 5.11 Å². The molecule has 178 valence electrons. The summed E-state index contributed by atoms with van der Waals surface area (Å²) in [6.07, 6.45) is -0.674. The molecule has 34 heavy (non-hydrogen) atoms. The van der Waals surface area contributed by atoms with Crippen LogP contribution in [0.2, 0.25) is 5.02 Å². The number of aromatic nitrogens is 2. The molecule has 2 N–H and O–H groups in total. The molecular formula is C23H22ClF3N6S. The molecule has 1 aliphatic rings. The zero-order valence-corrected chi connectivity index (χ0v) is 19.8. The first-order valence-corrected chi connectivity index (χ1v) is 11.4. The second-order valence-corrected chi connectivity index (χ2v) is 8.60. The Hall–Kier alpha value is -3.11. The van der Waals surface area contributed by atoms with E-state index in [-0.39, 0.29) is 15.8 Å². The minimum absolute atomic E-state index is 0.00769. The van der Waals surface area contributed by atoms with E-state index in [4.69, 9.17) is 28.9 Å². The SMILES string of the molecule is Cc1nn(-c2ccccc2)c(N2CCCC2)c1C=NNC(=S)Nc1cc(C(F)(F)F)ccc1Cl. The van der Waals surface area contributed by atoms with E-state index in [2.05, 4.69) is 20.7 Å². The molecule has 0 amide bonds. The number of para-hydroxylation sites is 1. The van der Waals surface area contributed by atoms with E-state index in [0.717, 1.165) is 60.8 Å². The highest BCUT2D eigenvalue weighted by molar-refractivity contribution is 7.80. The van der Waals surface area contributed by atoms with Crippen molar-refractivity contribution in [3.8, 4) is 5.69 Å². The summed E-state index contributed by atoms with van der Waals surface area (Å²) in [5.41, 5.74) is 4.42. The summed E-state index contributed by atoms with van der Waals surface area (Å²) in [4.78, 5) is 2.27. The van der Waals surface area contributed by atoms with Crippen LogP contribution < -0.4 is 15.6 Å². The molecule has 1 fully saturated rings. The summed E-state index contributed by atoms with van der Waals surface area (Å²) >= 11 is 11.2. The zero-order chi connectivity index (χ0) is 24.3. The second-order valence-electron chi connectivity index (χ2n) is 7.78. The summed E-state index contributed by atoms with van der Waals surface area (Å²) in [7, 11) is 0. The Kier molecular flexibility index (Phi) is 7.08. The predicted molar refractivity (Wildman–Crippen MR) is 133 cm³/mol. The fourth-order valence-corrected chi connectivity index (χ4v) is 4.09. The van der Waals surface area contributed by atoms with Crippen LogP contribution in [0.5, 0.6) is 0 Å². The average molecular weight is 507 g/mol. The van der Waals surface area contributed by atoms with Gasteiger partial charge >= 0.3 is 6.18 Å². The summed E-state index contributed by atoms with van der Waals surface area (Å²) in [6, 6.07) is 12.8. The third-order valence-electron chi connectivity index (χ3n) is 5.39. The van der Waals surface area contributed by atoms with E-state index in [9.17, 15) is 13.2 Å². The summed E-state index contributed by atoms with van der Waals surface area (Å²) in [5, 5.41) is 11.7. The van der Waals surface area contributed by atoms with E-state index >= 15 is 0 Å². The van der Waals surface area contributed by atoms with Gasteiger partial charge in [0, 0.05) is 13.1 Å². The van der Waals surface area contributed by atoms with Crippen molar-refractivity contribution in [3.63, 3.8) is 0 Å². The van der Waals surface area contributed by atoms with Crippen LogP contribution in [0.15, 0.2) is 53.6 Å². The molecule has 0 saturated carbocycles. The number of anilines is 2. The molecule has 0 aliphatic carbocycles. The first-order chi connectivity index (χ1) is 16.2. The van der Waals surface area contributed by atoms with Crippen molar-refractivity contribution >= 4 is 46.7 Å². The molecule has 6 nitrogen and oxygen atoms in total. The van der Waals surface area contributed by atoms with Crippen LogP contribution in [0, 0.1) is 6.92 Å². The lowest BCUT2D eigenvalue weighted by Crippen LogP contribution is -2.25. The standard InChI is InChI=1S/C23H22ClF3N6S/c1-15-18(21(32-11-5-6-12-32)33(31-15)17-7-3-2-4-8-17)14-28-30-22(34)29-20-13-16(23(25,26)27)9-10-19(20)24/h2-4,7-10,13-14H,5-6,11-12H2,1H3,(H2,29,30,34). The van der Waals surface area contributed by atoms with Gasteiger partial charge in [-0.1, -0.05) is 29.8 Å². The lowest BCUT2D eigenvalue weighted by molar-refractivity contribution is -0.137. The van der Waals surface area contributed by atoms with Crippen LogP contribution in [0.25, 0.3) is 5.69 Å². The number of alkyl halides is 3.